The number of carbonyl (C=O) groups is 1. The monoisotopic (exact) mass is 655 g/mol. The zero-order chi connectivity index (χ0) is 33.9. The number of carbonyl (C=O) groups excluding carboxylic acids is 1. The first-order chi connectivity index (χ1) is 23.1. The molecule has 48 heavy (non-hydrogen) atoms. The number of nitrogens with one attached hydrogen (secondary N) is 2. The molecule has 6 rings (SSSR count). The van der Waals surface area contributed by atoms with Crippen molar-refractivity contribution in [3.8, 4) is 29.1 Å². The van der Waals surface area contributed by atoms with Crippen molar-refractivity contribution in [1.29, 1.82) is 0 Å². The van der Waals surface area contributed by atoms with E-state index in [1.165, 1.54) is 12.1 Å². The Morgan fingerprint density at radius 2 is 2.00 bits per heavy atom. The summed E-state index contributed by atoms with van der Waals surface area (Å²) in [6, 6.07) is 6.52. The van der Waals surface area contributed by atoms with Crippen LogP contribution in [0.5, 0.6) is 17.2 Å². The molecule has 0 amide bonds. The summed E-state index contributed by atoms with van der Waals surface area (Å²) < 4.78 is 6.37. The molecule has 2 bridgehead atoms. The van der Waals surface area contributed by atoms with Gasteiger partial charge in [0.15, 0.2) is 11.5 Å². The lowest BCUT2D eigenvalue weighted by Crippen LogP contribution is -3.12. The minimum absolute atomic E-state index is 0.0623. The average molecular weight is 656 g/mol. The van der Waals surface area contributed by atoms with E-state index in [0.29, 0.717) is 30.5 Å². The number of hydrogen-bond acceptors (Lipinski definition) is 10. The minimum atomic E-state index is -1.05. The SMILES string of the molecule is CCC[C@H](O)C[C@@H](O)CC(=O)CCc1cc(O[C@@H]2CC#C[C@@H](O)c3ccc4c(c3CC3=CN=C5C[NH+]2C=C35)C=CN[C@@H]4N)c(O)cc1O. The highest BCUT2D eigenvalue weighted by atomic mass is 16.5. The Balaban J connectivity index is 1.22. The van der Waals surface area contributed by atoms with Crippen LogP contribution >= 0.6 is 0 Å². The van der Waals surface area contributed by atoms with Crippen LogP contribution in [0.3, 0.4) is 0 Å². The predicted octanol–water partition coefficient (Wildman–Crippen LogP) is 1.94. The molecule has 4 heterocycles. The van der Waals surface area contributed by atoms with Crippen LogP contribution in [0.15, 0.2) is 59.0 Å². The highest BCUT2D eigenvalue weighted by Gasteiger charge is 2.37. The lowest BCUT2D eigenvalue weighted by atomic mass is 9.86. The Morgan fingerprint density at radius 1 is 1.19 bits per heavy atom. The number of ether oxygens (including phenoxy) is 1. The van der Waals surface area contributed by atoms with Crippen LogP contribution < -0.4 is 20.7 Å². The molecule has 0 spiro atoms. The molecule has 0 saturated carbocycles. The van der Waals surface area contributed by atoms with E-state index >= 15 is 0 Å². The summed E-state index contributed by atoms with van der Waals surface area (Å²) in [5, 5.41) is 55.9. The molecule has 4 aliphatic rings. The smallest absolute Gasteiger partial charge is 0.247 e. The van der Waals surface area contributed by atoms with Crippen molar-refractivity contribution in [2.75, 3.05) is 6.54 Å². The lowest BCUT2D eigenvalue weighted by Gasteiger charge is -2.25. The van der Waals surface area contributed by atoms with E-state index in [0.717, 1.165) is 44.9 Å². The number of phenols is 2. The number of quaternary nitrogens is 1. The number of aryl methyl sites for hydroxylation is 1. The summed E-state index contributed by atoms with van der Waals surface area (Å²) in [6.07, 6.45) is 6.54. The fourth-order valence-electron chi connectivity index (χ4n) is 6.82. The summed E-state index contributed by atoms with van der Waals surface area (Å²) >= 11 is 0. The van der Waals surface area contributed by atoms with Crippen LogP contribution in [0.1, 0.15) is 85.5 Å². The third kappa shape index (κ3) is 7.18. The standard InChI is InChI=1S/C37H42N4O7/c1-2-4-23(42)15-25(44)16-24(43)8-7-21-14-35(34(47)17-33(21)46)48-36-6-3-5-32(45)27-9-10-28-26(11-12-39-37(28)38)29(27)13-22-18-40-31-20-41(36)19-30(22)31/h9-12,14,17-19,23,25,32,36-37,39,42,44-47H,2,4,6-8,13,15-16,20,38H2,1H3/p+1/t23-,25+,32+,36+,37-/m0/s1. The van der Waals surface area contributed by atoms with Crippen LogP contribution in [-0.2, 0) is 17.6 Å². The van der Waals surface area contributed by atoms with Crippen LogP contribution in [0.25, 0.3) is 6.08 Å². The topological polar surface area (TPSA) is 182 Å². The molecular weight excluding hydrogens is 612 g/mol. The minimum Gasteiger partial charge on any atom is -0.508 e. The molecule has 2 aromatic carbocycles. The number of fused-ring (bicyclic) bond motifs is 4. The number of allylic oxidation sites excluding steroid dienone is 1. The number of benzene rings is 2. The third-order valence-corrected chi connectivity index (χ3v) is 9.36. The average Bonchev–Trinajstić information content (AvgIpc) is 3.62. The van der Waals surface area contributed by atoms with Crippen molar-refractivity contribution in [3.63, 3.8) is 0 Å². The molecule has 2 aromatic rings. The van der Waals surface area contributed by atoms with Crippen LogP contribution in [0.2, 0.25) is 0 Å². The Labute approximate surface area is 279 Å². The summed E-state index contributed by atoms with van der Waals surface area (Å²) in [5.41, 5.74) is 13.2. The number of phenolic OH excluding ortho intramolecular Hbond substituents is 2. The van der Waals surface area contributed by atoms with Gasteiger partial charge in [0.1, 0.15) is 48.7 Å². The fraction of sp³-hybridized carbons (Fsp3) is 0.405. The van der Waals surface area contributed by atoms with Gasteiger partial charge in [-0.05, 0) is 71.0 Å². The maximum absolute atomic E-state index is 12.6. The normalized spacial score (nSPS) is 23.5. The molecule has 9 N–H and O–H groups in total. The van der Waals surface area contributed by atoms with E-state index in [2.05, 4.69) is 23.4 Å². The predicted molar refractivity (Wildman–Crippen MR) is 180 cm³/mol. The van der Waals surface area contributed by atoms with Crippen molar-refractivity contribution in [2.45, 2.75) is 89.0 Å². The number of aliphatic imine (C=N–C) groups is 1. The largest absolute Gasteiger partial charge is 0.508 e. The van der Waals surface area contributed by atoms with Crippen LogP contribution in [0, 0.1) is 11.8 Å². The van der Waals surface area contributed by atoms with Gasteiger partial charge in [-0.15, -0.1) is 0 Å². The summed E-state index contributed by atoms with van der Waals surface area (Å²) in [5.74, 6) is 5.60. The number of aliphatic hydroxyl groups excluding tert-OH is 3. The molecule has 11 heteroatoms. The number of ketones is 1. The zero-order valence-corrected chi connectivity index (χ0v) is 26.9. The molecule has 1 unspecified atom stereocenters. The van der Waals surface area contributed by atoms with Crippen molar-refractivity contribution < 1.29 is 40.0 Å². The first kappa shape index (κ1) is 33.5. The second kappa shape index (κ2) is 14.4. The highest BCUT2D eigenvalue weighted by molar-refractivity contribution is 6.08. The number of nitrogens with two attached hydrogens (primary N) is 1. The molecule has 252 valence electrons. The fourth-order valence-corrected chi connectivity index (χ4v) is 6.82. The van der Waals surface area contributed by atoms with Gasteiger partial charge in [-0.25, -0.2) is 0 Å². The lowest BCUT2D eigenvalue weighted by molar-refractivity contribution is -0.882. The zero-order valence-electron chi connectivity index (χ0n) is 26.9. The van der Waals surface area contributed by atoms with E-state index in [1.54, 1.807) is 0 Å². The molecule has 11 nitrogen and oxygen atoms in total. The number of aliphatic hydroxyl groups is 3. The first-order valence-corrected chi connectivity index (χ1v) is 16.5. The van der Waals surface area contributed by atoms with Gasteiger partial charge in [0.05, 0.1) is 17.8 Å². The third-order valence-electron chi connectivity index (χ3n) is 9.36. The summed E-state index contributed by atoms with van der Waals surface area (Å²) in [7, 11) is 0. The molecule has 0 fully saturated rings. The maximum Gasteiger partial charge on any atom is 0.247 e. The second-order valence-electron chi connectivity index (χ2n) is 12.9. The van der Waals surface area contributed by atoms with E-state index in [9.17, 15) is 30.3 Å². The van der Waals surface area contributed by atoms with Gasteiger partial charge >= 0.3 is 0 Å². The van der Waals surface area contributed by atoms with Crippen LogP contribution in [-0.4, -0.2) is 62.0 Å². The number of hydrogen-bond donors (Lipinski definition) is 8. The molecule has 0 aliphatic carbocycles. The van der Waals surface area contributed by atoms with Gasteiger partial charge in [0.2, 0.25) is 6.23 Å². The number of Topliss-reactive ketones (excluding diaryl/α,β-unsaturated/α-hetero) is 1. The van der Waals surface area contributed by atoms with Gasteiger partial charge in [-0.3, -0.25) is 14.7 Å². The van der Waals surface area contributed by atoms with E-state index in [-0.39, 0.29) is 61.3 Å². The van der Waals surface area contributed by atoms with Crippen molar-refractivity contribution in [1.82, 2.24) is 5.32 Å². The molecule has 6 atom stereocenters. The molecular formula is C37H43N4O7+. The van der Waals surface area contributed by atoms with E-state index < -0.39 is 24.5 Å². The van der Waals surface area contributed by atoms with Gasteiger partial charge in [-0.1, -0.05) is 37.3 Å². The molecule has 0 aromatic heterocycles. The van der Waals surface area contributed by atoms with Crippen molar-refractivity contribution in [2.24, 2.45) is 10.7 Å². The molecule has 0 radical (unpaired) electrons. The van der Waals surface area contributed by atoms with Gasteiger partial charge in [-0.2, -0.15) is 0 Å². The summed E-state index contributed by atoms with van der Waals surface area (Å²) in [6.45, 7) is 2.48. The summed E-state index contributed by atoms with van der Waals surface area (Å²) in [4.78, 5) is 18.2. The molecule has 4 aliphatic heterocycles. The number of nitrogens with zero attached hydrogens (tertiary/aromatic N) is 1. The Kier molecular flexibility index (Phi) is 10.0. The Bertz CT molecular complexity index is 1770. The van der Waals surface area contributed by atoms with E-state index in [1.807, 2.05) is 37.5 Å². The second-order valence-corrected chi connectivity index (χ2v) is 12.9. The molecule has 0 saturated heterocycles. The highest BCUT2D eigenvalue weighted by Crippen LogP contribution is 2.36. The maximum atomic E-state index is 12.6. The number of rotatable bonds is 11. The number of aromatic hydroxyl groups is 2. The van der Waals surface area contributed by atoms with E-state index in [4.69, 9.17) is 15.5 Å². The van der Waals surface area contributed by atoms with Gasteiger partial charge < -0.3 is 41.3 Å². The van der Waals surface area contributed by atoms with Gasteiger partial charge in [0.25, 0.3) is 0 Å². The van der Waals surface area contributed by atoms with Crippen molar-refractivity contribution in [3.05, 3.63) is 81.8 Å². The quantitative estimate of drug-likeness (QED) is 0.168. The van der Waals surface area contributed by atoms with Gasteiger partial charge in [0, 0.05) is 31.5 Å². The Hall–Kier alpha value is -4.44. The Morgan fingerprint density at radius 3 is 2.81 bits per heavy atom. The first-order valence-electron chi connectivity index (χ1n) is 16.5. The van der Waals surface area contributed by atoms with Crippen LogP contribution in [0.4, 0.5) is 0 Å². The van der Waals surface area contributed by atoms with Crippen molar-refractivity contribution >= 4 is 17.6 Å².